The summed E-state index contributed by atoms with van der Waals surface area (Å²) in [6.07, 6.45) is -0.956. The first-order valence-electron chi connectivity index (χ1n) is 14.1. The van der Waals surface area contributed by atoms with E-state index in [0.29, 0.717) is 12.6 Å². The Balaban J connectivity index is 1.30. The minimum absolute atomic E-state index is 0.0579. The van der Waals surface area contributed by atoms with E-state index in [1.807, 2.05) is 61.9 Å². The lowest BCUT2D eigenvalue weighted by molar-refractivity contribution is -0.138. The van der Waals surface area contributed by atoms with Crippen LogP contribution in [0.4, 0.5) is 4.79 Å². The van der Waals surface area contributed by atoms with Crippen molar-refractivity contribution in [2.75, 3.05) is 26.1 Å². The zero-order valence-corrected chi connectivity index (χ0v) is 25.2. The number of hydrogen-bond acceptors (Lipinski definition) is 9. The van der Waals surface area contributed by atoms with Gasteiger partial charge in [-0.3, -0.25) is 19.7 Å². The smallest absolute Gasteiger partial charge is 0.433 e. The van der Waals surface area contributed by atoms with Crippen LogP contribution in [-0.4, -0.2) is 96.9 Å². The number of aliphatic hydroxyl groups excluding tert-OH is 2. The maximum atomic E-state index is 12.9. The van der Waals surface area contributed by atoms with Crippen LogP contribution >= 0.6 is 6.89 Å². The molecule has 11 heteroatoms. The number of aliphatic hydroxyl groups is 2. The fourth-order valence-corrected chi connectivity index (χ4v) is 6.89. The number of ether oxygens (including phenoxy) is 3. The van der Waals surface area contributed by atoms with Gasteiger partial charge in [0, 0.05) is 5.92 Å². The third-order valence-electron chi connectivity index (χ3n) is 8.13. The molecule has 10 nitrogen and oxygen atoms in total. The van der Waals surface area contributed by atoms with Crippen molar-refractivity contribution >= 4 is 36.9 Å². The van der Waals surface area contributed by atoms with Crippen molar-refractivity contribution in [1.29, 1.82) is 0 Å². The first kappa shape index (κ1) is 30.9. The highest BCUT2D eigenvalue weighted by molar-refractivity contribution is 7.72. The van der Waals surface area contributed by atoms with E-state index >= 15 is 0 Å². The predicted molar refractivity (Wildman–Crippen MR) is 161 cm³/mol. The average molecular weight is 610 g/mol. The SMILES string of the molecule is C=P(C)(C)CC[C@H]1OC([C@@H]2C=C(C(OC(=O)OCC3c4ccccc4-c4ccccc43)C(C)=O)C(=O)NC2=O)[C@H](O)[C@@H]1O. The van der Waals surface area contributed by atoms with E-state index in [1.54, 1.807) is 0 Å². The Morgan fingerprint density at radius 3 is 2.21 bits per heavy atom. The molecule has 6 atom stereocenters. The van der Waals surface area contributed by atoms with Crippen molar-refractivity contribution in [3.05, 3.63) is 71.3 Å². The number of fused-ring (bicyclic) bond motifs is 3. The molecule has 2 aromatic carbocycles. The Hall–Kier alpha value is -3.56. The van der Waals surface area contributed by atoms with E-state index in [0.717, 1.165) is 29.2 Å². The van der Waals surface area contributed by atoms with Gasteiger partial charge in [-0.1, -0.05) is 54.6 Å². The fraction of sp³-hybridized carbons (Fsp3) is 0.406. The van der Waals surface area contributed by atoms with Crippen LogP contribution in [0, 0.1) is 5.92 Å². The number of hydrogen-bond donors (Lipinski definition) is 3. The molecule has 0 aromatic heterocycles. The molecular weight excluding hydrogens is 573 g/mol. The Morgan fingerprint density at radius 1 is 1.02 bits per heavy atom. The lowest BCUT2D eigenvalue weighted by Crippen LogP contribution is -2.50. The lowest BCUT2D eigenvalue weighted by Gasteiger charge is -2.28. The maximum Gasteiger partial charge on any atom is 0.509 e. The van der Waals surface area contributed by atoms with Crippen molar-refractivity contribution < 1.29 is 43.6 Å². The van der Waals surface area contributed by atoms with Crippen LogP contribution in [0.25, 0.3) is 11.1 Å². The van der Waals surface area contributed by atoms with Gasteiger partial charge < -0.3 is 24.4 Å². The number of carbonyl (C=O) groups excluding carboxylic acids is 4. The van der Waals surface area contributed by atoms with Gasteiger partial charge in [0.15, 0.2) is 11.9 Å². The number of ketones is 1. The van der Waals surface area contributed by atoms with Gasteiger partial charge in [-0.25, -0.2) is 4.79 Å². The summed E-state index contributed by atoms with van der Waals surface area (Å²) < 4.78 is 16.7. The summed E-state index contributed by atoms with van der Waals surface area (Å²) in [4.78, 5) is 51.1. The largest absolute Gasteiger partial charge is 0.509 e. The van der Waals surface area contributed by atoms with Gasteiger partial charge in [0.25, 0.3) is 5.91 Å². The third kappa shape index (κ3) is 6.38. The molecule has 43 heavy (non-hydrogen) atoms. The molecule has 0 radical (unpaired) electrons. The van der Waals surface area contributed by atoms with Crippen LogP contribution in [0.1, 0.15) is 30.4 Å². The van der Waals surface area contributed by atoms with E-state index in [9.17, 15) is 29.4 Å². The number of Topliss-reactive ketones (excluding diaryl/α,β-unsaturated/α-hetero) is 1. The molecule has 2 aliphatic heterocycles. The van der Waals surface area contributed by atoms with Gasteiger partial charge in [-0.05, 0) is 55.1 Å². The number of amides is 2. The Labute approximate surface area is 250 Å². The second-order valence-corrected chi connectivity index (χ2v) is 16.2. The van der Waals surface area contributed by atoms with Gasteiger partial charge in [0.2, 0.25) is 5.91 Å². The van der Waals surface area contributed by atoms with Crippen molar-refractivity contribution in [3.8, 4) is 11.1 Å². The molecule has 5 rings (SSSR count). The van der Waals surface area contributed by atoms with E-state index in [2.05, 4.69) is 11.6 Å². The summed E-state index contributed by atoms with van der Waals surface area (Å²) in [5, 5.41) is 23.5. The molecule has 1 aliphatic carbocycles. The summed E-state index contributed by atoms with van der Waals surface area (Å²) in [6.45, 7) is 3.73. The third-order valence-corrected chi connectivity index (χ3v) is 9.60. The molecule has 2 unspecified atom stereocenters. The van der Waals surface area contributed by atoms with E-state index in [-0.39, 0.29) is 18.1 Å². The van der Waals surface area contributed by atoms with Crippen molar-refractivity contribution in [2.45, 2.75) is 49.8 Å². The minimum atomic E-state index is -1.66. The van der Waals surface area contributed by atoms with E-state index in [4.69, 9.17) is 14.2 Å². The maximum absolute atomic E-state index is 12.9. The van der Waals surface area contributed by atoms with Gasteiger partial charge in [0.05, 0.1) is 17.6 Å². The molecule has 0 saturated carbocycles. The molecule has 0 spiro atoms. The number of benzene rings is 2. The monoisotopic (exact) mass is 609 g/mol. The molecule has 0 bridgehead atoms. The van der Waals surface area contributed by atoms with Crippen LogP contribution in [-0.2, 0) is 28.6 Å². The van der Waals surface area contributed by atoms with Crippen LogP contribution in [0.2, 0.25) is 0 Å². The highest BCUT2D eigenvalue weighted by Gasteiger charge is 2.50. The predicted octanol–water partition coefficient (Wildman–Crippen LogP) is 2.70. The number of nitrogens with one attached hydrogen (secondary N) is 1. The molecular formula is C32H36NO9P. The summed E-state index contributed by atoms with van der Waals surface area (Å²) in [5.41, 5.74) is 3.78. The van der Waals surface area contributed by atoms with Crippen molar-refractivity contribution in [2.24, 2.45) is 5.92 Å². The van der Waals surface area contributed by atoms with E-state index < -0.39 is 67.1 Å². The topological polar surface area (TPSA) is 148 Å². The highest BCUT2D eigenvalue weighted by Crippen LogP contribution is 2.44. The lowest BCUT2D eigenvalue weighted by atomic mass is 9.88. The van der Waals surface area contributed by atoms with Gasteiger partial charge in [-0.15, -0.1) is 13.2 Å². The summed E-state index contributed by atoms with van der Waals surface area (Å²) in [6, 6.07) is 15.6. The van der Waals surface area contributed by atoms with Crippen LogP contribution in [0.3, 0.4) is 0 Å². The Kier molecular flexibility index (Phi) is 8.77. The second-order valence-electron chi connectivity index (χ2n) is 11.9. The van der Waals surface area contributed by atoms with Crippen LogP contribution in [0.5, 0.6) is 0 Å². The molecule has 3 aliphatic rings. The molecule has 1 saturated heterocycles. The number of imide groups is 1. The standard InChI is InChI=1S/C32H36NO9P/c1-17(34)28(42-32(39)40-16-24-20-11-7-5-9-18(20)19-10-6-8-12-21(19)24)22-15-23(31(38)33-30(22)37)29-27(36)26(35)25(41-29)13-14-43(2,3)4/h5-12,15,23-29,35-36H,2,13-14,16H2,1,3-4H3,(H,33,37,38)/t23-,25+,26+,27+,28?,29?/m0/s1. The summed E-state index contributed by atoms with van der Waals surface area (Å²) >= 11 is 0. The average Bonchev–Trinajstić information content (AvgIpc) is 3.43. The molecule has 228 valence electrons. The highest BCUT2D eigenvalue weighted by atomic mass is 31.2. The van der Waals surface area contributed by atoms with E-state index in [1.165, 1.54) is 6.08 Å². The molecule has 1 fully saturated rings. The quantitative estimate of drug-likeness (QED) is 0.222. The Bertz CT molecular complexity index is 1480. The first-order valence-corrected chi connectivity index (χ1v) is 17.2. The van der Waals surface area contributed by atoms with Crippen LogP contribution < -0.4 is 5.32 Å². The summed E-state index contributed by atoms with van der Waals surface area (Å²) in [5.74, 6) is -3.82. The molecule has 3 N–H and O–H groups in total. The molecule has 2 heterocycles. The fourth-order valence-electron chi connectivity index (χ4n) is 5.94. The van der Waals surface area contributed by atoms with Crippen molar-refractivity contribution in [3.63, 3.8) is 0 Å². The minimum Gasteiger partial charge on any atom is -0.433 e. The summed E-state index contributed by atoms with van der Waals surface area (Å²) in [7, 11) is 0. The molecule has 2 aromatic rings. The second kappa shape index (κ2) is 12.2. The zero-order chi connectivity index (χ0) is 31.1. The van der Waals surface area contributed by atoms with Crippen molar-refractivity contribution in [1.82, 2.24) is 5.32 Å². The van der Waals surface area contributed by atoms with Gasteiger partial charge >= 0.3 is 6.16 Å². The number of rotatable bonds is 9. The molecule has 2 amide bonds. The van der Waals surface area contributed by atoms with Gasteiger partial charge in [-0.2, -0.15) is 0 Å². The first-order chi connectivity index (χ1) is 20.4. The van der Waals surface area contributed by atoms with Gasteiger partial charge in [0.1, 0.15) is 24.9 Å². The van der Waals surface area contributed by atoms with Crippen LogP contribution in [0.15, 0.2) is 60.2 Å². The normalized spacial score (nSPS) is 25.8. The zero-order valence-electron chi connectivity index (χ0n) is 24.3. The number of carbonyl (C=O) groups is 4. The Morgan fingerprint density at radius 2 is 1.63 bits per heavy atom.